The van der Waals surface area contributed by atoms with Gasteiger partial charge < -0.3 is 15.3 Å². The molecule has 0 aliphatic carbocycles. The molecule has 0 aliphatic heterocycles. The molecule has 14 heavy (non-hydrogen) atoms. The van der Waals surface area contributed by atoms with Crippen molar-refractivity contribution in [2.24, 2.45) is 7.05 Å². The molecule has 0 atom stereocenters. The van der Waals surface area contributed by atoms with Crippen molar-refractivity contribution in [1.29, 1.82) is 0 Å². The van der Waals surface area contributed by atoms with Gasteiger partial charge in [0, 0.05) is 0 Å². The molecular weight excluding hydrogens is 186 g/mol. The van der Waals surface area contributed by atoms with Crippen molar-refractivity contribution in [1.82, 2.24) is 4.57 Å². The summed E-state index contributed by atoms with van der Waals surface area (Å²) < 4.78 is 4.28. The second kappa shape index (κ2) is 6.88. The number of nitrogens with zero attached hydrogens (tertiary/aromatic N) is 3. The van der Waals surface area contributed by atoms with Crippen LogP contribution in [0.5, 0.6) is 0 Å². The van der Waals surface area contributed by atoms with Gasteiger partial charge in [0.1, 0.15) is 12.4 Å². The highest BCUT2D eigenvalue weighted by Crippen LogP contribution is 1.85. The number of rotatable bonds is 3. The summed E-state index contributed by atoms with van der Waals surface area (Å²) in [6.45, 7) is 3.36. The molecule has 1 heterocycles. The molecule has 1 rings (SSSR count). The molecule has 1 aromatic heterocycles. The molecule has 0 amide bonds. The van der Waals surface area contributed by atoms with E-state index < -0.39 is 5.09 Å². The van der Waals surface area contributed by atoms with Crippen molar-refractivity contribution in [3.05, 3.63) is 34.0 Å². The Balaban J connectivity index is 0.000000364. The van der Waals surface area contributed by atoms with E-state index in [2.05, 4.69) is 34.8 Å². The molecule has 0 fully saturated rings. The highest BCUT2D eigenvalue weighted by Gasteiger charge is 1.96. The number of hydrogen-bond acceptors (Lipinski definition) is 3. The fourth-order valence-electron chi connectivity index (χ4n) is 0.975. The van der Waals surface area contributed by atoms with Crippen LogP contribution in [0.15, 0.2) is 18.7 Å². The predicted molar refractivity (Wildman–Crippen MR) is 50.9 cm³/mol. The molecule has 0 unspecified atom stereocenters. The van der Waals surface area contributed by atoms with E-state index in [4.69, 9.17) is 15.3 Å². The van der Waals surface area contributed by atoms with Crippen molar-refractivity contribution in [3.63, 3.8) is 0 Å². The standard InChI is InChI=1S/C8H15N2.NO3/c1-3-4-5-10-7-6-9(2)8-10;2-1(3)4/h6-8H,3-5H2,1-2H3;/q+1;-1. The summed E-state index contributed by atoms with van der Waals surface area (Å²) in [7, 11) is 2.04. The molecule has 80 valence electrons. The van der Waals surface area contributed by atoms with Gasteiger partial charge in [-0.2, -0.15) is 0 Å². The van der Waals surface area contributed by atoms with Gasteiger partial charge in [-0.05, 0) is 6.42 Å². The van der Waals surface area contributed by atoms with E-state index in [0.717, 1.165) is 6.54 Å². The van der Waals surface area contributed by atoms with Gasteiger partial charge in [0.05, 0.1) is 18.7 Å². The molecule has 1 aromatic rings. The smallest absolute Gasteiger partial charge is 0.243 e. The second-order valence-electron chi connectivity index (χ2n) is 2.89. The van der Waals surface area contributed by atoms with Crippen LogP contribution >= 0.6 is 0 Å². The van der Waals surface area contributed by atoms with E-state index in [0.29, 0.717) is 0 Å². The fraction of sp³-hybridized carbons (Fsp3) is 0.625. The molecule has 0 radical (unpaired) electrons. The van der Waals surface area contributed by atoms with Crippen molar-refractivity contribution in [2.75, 3.05) is 0 Å². The normalized spacial score (nSPS) is 9.00. The lowest BCUT2D eigenvalue weighted by atomic mass is 10.3. The minimum Gasteiger partial charge on any atom is -0.356 e. The summed E-state index contributed by atoms with van der Waals surface area (Å²) in [6, 6.07) is 0. The first-order valence-corrected chi connectivity index (χ1v) is 4.38. The molecule has 0 saturated carbocycles. The summed E-state index contributed by atoms with van der Waals surface area (Å²) in [6.07, 6.45) is 8.82. The van der Waals surface area contributed by atoms with Crippen LogP contribution in [0.25, 0.3) is 0 Å². The topological polar surface area (TPSA) is 75.0 Å². The average molecular weight is 201 g/mol. The lowest BCUT2D eigenvalue weighted by Crippen LogP contribution is -2.30. The second-order valence-corrected chi connectivity index (χ2v) is 2.89. The van der Waals surface area contributed by atoms with Gasteiger partial charge in [-0.25, -0.2) is 9.13 Å². The van der Waals surface area contributed by atoms with E-state index in [9.17, 15) is 0 Å². The monoisotopic (exact) mass is 201 g/mol. The first kappa shape index (κ1) is 12.4. The maximum atomic E-state index is 8.25. The van der Waals surface area contributed by atoms with Crippen molar-refractivity contribution in [2.45, 2.75) is 26.3 Å². The third kappa shape index (κ3) is 7.08. The van der Waals surface area contributed by atoms with E-state index in [1.807, 2.05) is 7.05 Å². The number of aryl methyl sites for hydroxylation is 2. The van der Waals surface area contributed by atoms with Crippen LogP contribution in [0.1, 0.15) is 19.8 Å². The van der Waals surface area contributed by atoms with Gasteiger partial charge in [0.25, 0.3) is 0 Å². The quantitative estimate of drug-likeness (QED) is 0.413. The van der Waals surface area contributed by atoms with Gasteiger partial charge in [0.15, 0.2) is 0 Å². The Morgan fingerprint density at radius 1 is 1.50 bits per heavy atom. The maximum absolute atomic E-state index is 8.25. The molecule has 0 N–H and O–H groups in total. The predicted octanol–water partition coefficient (Wildman–Crippen LogP) is 0.874. The number of unbranched alkanes of at least 4 members (excludes halogenated alkanes) is 1. The van der Waals surface area contributed by atoms with E-state index in [-0.39, 0.29) is 0 Å². The van der Waals surface area contributed by atoms with E-state index in [1.54, 1.807) is 0 Å². The average Bonchev–Trinajstić information content (AvgIpc) is 2.47. The van der Waals surface area contributed by atoms with Crippen molar-refractivity contribution in [3.8, 4) is 0 Å². The SMILES string of the molecule is CCCC[n+]1ccn(C)c1.O=[N+]([O-])[O-]. The summed E-state index contributed by atoms with van der Waals surface area (Å²) >= 11 is 0. The van der Waals surface area contributed by atoms with E-state index >= 15 is 0 Å². The summed E-state index contributed by atoms with van der Waals surface area (Å²) in [5.41, 5.74) is 0. The van der Waals surface area contributed by atoms with Crippen LogP contribution in [0.4, 0.5) is 0 Å². The largest absolute Gasteiger partial charge is 0.356 e. The lowest BCUT2D eigenvalue weighted by molar-refractivity contribution is -0.696. The molecule has 0 spiro atoms. The Morgan fingerprint density at radius 2 is 2.07 bits per heavy atom. The summed E-state index contributed by atoms with van der Waals surface area (Å²) in [5.74, 6) is 0. The Hall–Kier alpha value is -1.59. The number of imidazole rings is 1. The molecule has 0 saturated heterocycles. The van der Waals surface area contributed by atoms with Crippen LogP contribution in [0.2, 0.25) is 0 Å². The zero-order valence-corrected chi connectivity index (χ0v) is 8.42. The minimum absolute atomic E-state index is 1.15. The van der Waals surface area contributed by atoms with Crippen LogP contribution in [-0.2, 0) is 13.6 Å². The van der Waals surface area contributed by atoms with Gasteiger partial charge in [-0.3, -0.25) is 0 Å². The summed E-state index contributed by atoms with van der Waals surface area (Å²) in [5, 5.41) is 14.8. The molecule has 0 aliphatic rings. The number of aromatic nitrogens is 2. The molecular formula is C8H15N3O3. The van der Waals surface area contributed by atoms with Crippen LogP contribution in [0.3, 0.4) is 0 Å². The zero-order valence-electron chi connectivity index (χ0n) is 8.42. The Kier molecular flexibility index (Phi) is 6.09. The highest BCUT2D eigenvalue weighted by atomic mass is 16.9. The fourth-order valence-corrected chi connectivity index (χ4v) is 0.975. The molecule has 6 heteroatoms. The molecule has 6 nitrogen and oxygen atoms in total. The van der Waals surface area contributed by atoms with Crippen molar-refractivity contribution < 1.29 is 9.65 Å². The number of hydrogen-bond donors (Lipinski definition) is 0. The highest BCUT2D eigenvalue weighted by molar-refractivity contribution is 4.61. The van der Waals surface area contributed by atoms with Crippen LogP contribution in [-0.4, -0.2) is 9.65 Å². The maximum Gasteiger partial charge on any atom is 0.243 e. The van der Waals surface area contributed by atoms with Crippen molar-refractivity contribution >= 4 is 0 Å². The lowest BCUT2D eigenvalue weighted by Gasteiger charge is -1.90. The first-order chi connectivity index (χ1) is 6.56. The van der Waals surface area contributed by atoms with Gasteiger partial charge in [0.2, 0.25) is 6.33 Å². The Bertz CT molecular complexity index is 269. The first-order valence-electron chi connectivity index (χ1n) is 4.38. The Labute approximate surface area is 82.5 Å². The van der Waals surface area contributed by atoms with Crippen LogP contribution < -0.4 is 4.57 Å². The third-order valence-electron chi connectivity index (χ3n) is 1.59. The third-order valence-corrected chi connectivity index (χ3v) is 1.59. The Morgan fingerprint density at radius 3 is 2.43 bits per heavy atom. The van der Waals surface area contributed by atoms with Gasteiger partial charge >= 0.3 is 0 Å². The molecule has 0 bridgehead atoms. The minimum atomic E-state index is -1.75. The van der Waals surface area contributed by atoms with Gasteiger partial charge in [-0.15, -0.1) is 0 Å². The summed E-state index contributed by atoms with van der Waals surface area (Å²) in [4.78, 5) is 8.25. The molecule has 0 aromatic carbocycles. The van der Waals surface area contributed by atoms with Crippen LogP contribution in [0, 0.1) is 15.3 Å². The van der Waals surface area contributed by atoms with Gasteiger partial charge in [-0.1, -0.05) is 13.3 Å². The van der Waals surface area contributed by atoms with E-state index in [1.165, 1.54) is 12.8 Å². The zero-order chi connectivity index (χ0) is 11.0.